The highest BCUT2D eigenvalue weighted by molar-refractivity contribution is 6.31. The number of methoxy groups -OCH3 is 1. The first-order chi connectivity index (χ1) is 12.8. The molecular formula is C18H21ClN2O6. The number of esters is 1. The maximum Gasteiger partial charge on any atom is 0.306 e. The lowest BCUT2D eigenvalue weighted by molar-refractivity contribution is -0.153. The van der Waals surface area contributed by atoms with Gasteiger partial charge in [-0.1, -0.05) is 11.6 Å². The first-order valence-corrected chi connectivity index (χ1v) is 8.86. The molecule has 2 rings (SSSR count). The van der Waals surface area contributed by atoms with Gasteiger partial charge < -0.3 is 14.8 Å². The molecule has 0 aliphatic carbocycles. The predicted octanol–water partition coefficient (Wildman–Crippen LogP) is 2.15. The van der Waals surface area contributed by atoms with E-state index in [1.54, 1.807) is 12.1 Å². The Kier molecular flexibility index (Phi) is 7.18. The van der Waals surface area contributed by atoms with E-state index < -0.39 is 18.0 Å². The van der Waals surface area contributed by atoms with E-state index in [0.29, 0.717) is 16.5 Å². The van der Waals surface area contributed by atoms with Crippen LogP contribution in [0.25, 0.3) is 0 Å². The Hall–Kier alpha value is -2.61. The molecule has 1 atom stereocenters. The van der Waals surface area contributed by atoms with Crippen molar-refractivity contribution in [2.24, 2.45) is 0 Å². The average Bonchev–Trinajstić information content (AvgIpc) is 2.93. The van der Waals surface area contributed by atoms with Crippen molar-refractivity contribution in [2.45, 2.75) is 38.7 Å². The standard InChI is InChI=1S/C18H21ClN2O6/c1-11(18(25)20-13-10-12(19)5-6-14(13)26-2)27-17(24)4-3-9-21-15(22)7-8-16(21)23/h5-6,10-11H,3-4,7-9H2,1-2H3,(H,20,25)/t11-/m1/s1. The van der Waals surface area contributed by atoms with Gasteiger partial charge in [-0.3, -0.25) is 24.1 Å². The summed E-state index contributed by atoms with van der Waals surface area (Å²) in [6, 6.07) is 4.75. The molecule has 1 saturated heterocycles. The van der Waals surface area contributed by atoms with Crippen LogP contribution in [0, 0.1) is 0 Å². The number of rotatable bonds is 8. The summed E-state index contributed by atoms with van der Waals surface area (Å²) in [5.74, 6) is -1.15. The second-order valence-corrected chi connectivity index (χ2v) is 6.45. The van der Waals surface area contributed by atoms with E-state index in [2.05, 4.69) is 5.32 Å². The number of hydrogen-bond donors (Lipinski definition) is 1. The molecule has 0 aromatic heterocycles. The lowest BCUT2D eigenvalue weighted by Crippen LogP contribution is -2.32. The minimum absolute atomic E-state index is 0.00480. The molecule has 1 aliphatic heterocycles. The van der Waals surface area contributed by atoms with Crippen molar-refractivity contribution in [3.05, 3.63) is 23.2 Å². The number of likely N-dealkylation sites (tertiary alicyclic amines) is 1. The first kappa shape index (κ1) is 20.7. The minimum atomic E-state index is -1.03. The summed E-state index contributed by atoms with van der Waals surface area (Å²) in [6.45, 7) is 1.62. The summed E-state index contributed by atoms with van der Waals surface area (Å²) in [7, 11) is 1.46. The van der Waals surface area contributed by atoms with Crippen LogP contribution in [0.5, 0.6) is 5.75 Å². The Balaban J connectivity index is 1.80. The number of halogens is 1. The number of nitrogens with one attached hydrogen (secondary N) is 1. The molecular weight excluding hydrogens is 376 g/mol. The molecule has 0 saturated carbocycles. The fraction of sp³-hybridized carbons (Fsp3) is 0.444. The zero-order chi connectivity index (χ0) is 20.0. The molecule has 1 aliphatic rings. The lowest BCUT2D eigenvalue weighted by Gasteiger charge is -2.16. The quantitative estimate of drug-likeness (QED) is 0.533. The van der Waals surface area contributed by atoms with Gasteiger partial charge in [0.2, 0.25) is 11.8 Å². The molecule has 9 heteroatoms. The lowest BCUT2D eigenvalue weighted by atomic mass is 10.2. The van der Waals surface area contributed by atoms with E-state index in [9.17, 15) is 19.2 Å². The van der Waals surface area contributed by atoms with Gasteiger partial charge in [0.15, 0.2) is 6.10 Å². The largest absolute Gasteiger partial charge is 0.495 e. The van der Waals surface area contributed by atoms with Crippen LogP contribution < -0.4 is 10.1 Å². The third kappa shape index (κ3) is 5.68. The van der Waals surface area contributed by atoms with Gasteiger partial charge in [0.1, 0.15) is 5.75 Å². The molecule has 1 heterocycles. The number of anilines is 1. The third-order valence-electron chi connectivity index (χ3n) is 4.01. The number of imide groups is 1. The van der Waals surface area contributed by atoms with Gasteiger partial charge >= 0.3 is 5.97 Å². The van der Waals surface area contributed by atoms with E-state index in [-0.39, 0.29) is 44.0 Å². The highest BCUT2D eigenvalue weighted by Gasteiger charge is 2.28. The summed E-state index contributed by atoms with van der Waals surface area (Å²) in [5.41, 5.74) is 0.365. The van der Waals surface area contributed by atoms with Crippen molar-refractivity contribution in [3.8, 4) is 5.75 Å². The van der Waals surface area contributed by atoms with Gasteiger partial charge in [0.05, 0.1) is 12.8 Å². The van der Waals surface area contributed by atoms with Gasteiger partial charge in [-0.15, -0.1) is 0 Å². The maximum absolute atomic E-state index is 12.2. The Morgan fingerprint density at radius 3 is 2.56 bits per heavy atom. The molecule has 0 bridgehead atoms. The monoisotopic (exact) mass is 396 g/mol. The molecule has 3 amide bonds. The van der Waals surface area contributed by atoms with E-state index in [4.69, 9.17) is 21.1 Å². The van der Waals surface area contributed by atoms with Crippen LogP contribution in [-0.2, 0) is 23.9 Å². The van der Waals surface area contributed by atoms with Gasteiger partial charge in [-0.05, 0) is 31.5 Å². The molecule has 8 nitrogen and oxygen atoms in total. The number of amides is 3. The molecule has 0 radical (unpaired) electrons. The molecule has 27 heavy (non-hydrogen) atoms. The van der Waals surface area contributed by atoms with Gasteiger partial charge in [0, 0.05) is 30.8 Å². The molecule has 0 unspecified atom stereocenters. The molecule has 1 aromatic carbocycles. The van der Waals surface area contributed by atoms with E-state index in [1.807, 2.05) is 0 Å². The van der Waals surface area contributed by atoms with Crippen molar-refractivity contribution < 1.29 is 28.7 Å². The minimum Gasteiger partial charge on any atom is -0.495 e. The summed E-state index contributed by atoms with van der Waals surface area (Å²) >= 11 is 5.91. The molecule has 1 fully saturated rings. The van der Waals surface area contributed by atoms with Gasteiger partial charge in [-0.2, -0.15) is 0 Å². The van der Waals surface area contributed by atoms with E-state index in [0.717, 1.165) is 4.90 Å². The number of carbonyl (C=O) groups excluding carboxylic acids is 4. The van der Waals surface area contributed by atoms with Crippen molar-refractivity contribution >= 4 is 41.0 Å². The predicted molar refractivity (Wildman–Crippen MR) is 97.4 cm³/mol. The van der Waals surface area contributed by atoms with Crippen molar-refractivity contribution in [1.29, 1.82) is 0 Å². The SMILES string of the molecule is COc1ccc(Cl)cc1NC(=O)[C@@H](C)OC(=O)CCCN1C(=O)CCC1=O. The number of nitrogens with zero attached hydrogens (tertiary/aromatic N) is 1. The summed E-state index contributed by atoms with van der Waals surface area (Å²) < 4.78 is 10.2. The van der Waals surface area contributed by atoms with Crippen LogP contribution in [0.1, 0.15) is 32.6 Å². The number of carbonyl (C=O) groups is 4. The normalized spacial score (nSPS) is 14.9. The Morgan fingerprint density at radius 2 is 1.93 bits per heavy atom. The van der Waals surface area contributed by atoms with Crippen LogP contribution in [-0.4, -0.2) is 48.3 Å². The van der Waals surface area contributed by atoms with Crippen molar-refractivity contribution in [2.75, 3.05) is 19.0 Å². The van der Waals surface area contributed by atoms with Crippen molar-refractivity contribution in [1.82, 2.24) is 4.90 Å². The van der Waals surface area contributed by atoms with Crippen LogP contribution in [0.3, 0.4) is 0 Å². The van der Waals surface area contributed by atoms with Crippen LogP contribution >= 0.6 is 11.6 Å². The maximum atomic E-state index is 12.2. The number of hydrogen-bond acceptors (Lipinski definition) is 6. The fourth-order valence-corrected chi connectivity index (χ4v) is 2.75. The zero-order valence-electron chi connectivity index (χ0n) is 15.1. The van der Waals surface area contributed by atoms with Crippen molar-refractivity contribution in [3.63, 3.8) is 0 Å². The Labute approximate surface area is 161 Å². The molecule has 0 spiro atoms. The highest BCUT2D eigenvalue weighted by Crippen LogP contribution is 2.27. The second kappa shape index (κ2) is 9.36. The summed E-state index contributed by atoms with van der Waals surface area (Å²) in [5, 5.41) is 3.02. The second-order valence-electron chi connectivity index (χ2n) is 6.01. The summed E-state index contributed by atoms with van der Waals surface area (Å²) in [6.07, 6.45) is -0.320. The number of benzene rings is 1. The fourth-order valence-electron chi connectivity index (χ4n) is 2.58. The first-order valence-electron chi connectivity index (χ1n) is 8.49. The van der Waals surface area contributed by atoms with E-state index >= 15 is 0 Å². The Morgan fingerprint density at radius 1 is 1.26 bits per heavy atom. The molecule has 1 N–H and O–H groups in total. The van der Waals surface area contributed by atoms with Gasteiger partial charge in [0.25, 0.3) is 5.91 Å². The van der Waals surface area contributed by atoms with Crippen LogP contribution in [0.15, 0.2) is 18.2 Å². The van der Waals surface area contributed by atoms with Crippen LogP contribution in [0.4, 0.5) is 5.69 Å². The summed E-state index contributed by atoms with van der Waals surface area (Å²) in [4.78, 5) is 48.2. The molecule has 1 aromatic rings. The topological polar surface area (TPSA) is 102 Å². The average molecular weight is 397 g/mol. The van der Waals surface area contributed by atoms with Crippen LogP contribution in [0.2, 0.25) is 5.02 Å². The Bertz CT molecular complexity index is 735. The number of ether oxygens (including phenoxy) is 2. The third-order valence-corrected chi connectivity index (χ3v) is 4.25. The smallest absolute Gasteiger partial charge is 0.306 e. The van der Waals surface area contributed by atoms with Gasteiger partial charge in [-0.25, -0.2) is 0 Å². The highest BCUT2D eigenvalue weighted by atomic mass is 35.5. The molecule has 146 valence electrons. The van der Waals surface area contributed by atoms with E-state index in [1.165, 1.54) is 20.1 Å². The zero-order valence-corrected chi connectivity index (χ0v) is 15.9.